The number of fused-ring (bicyclic) bond motifs is 6. The molecule has 0 radical (unpaired) electrons. The van der Waals surface area contributed by atoms with E-state index in [0.717, 1.165) is 77.2 Å². The van der Waals surface area contributed by atoms with Gasteiger partial charge in [-0.2, -0.15) is 13.2 Å². The summed E-state index contributed by atoms with van der Waals surface area (Å²) in [6, 6.07) is 54.9. The summed E-state index contributed by atoms with van der Waals surface area (Å²) in [5, 5.41) is 4.28. The number of halogens is 3. The van der Waals surface area contributed by atoms with Gasteiger partial charge in [-0.05, 0) is 170 Å². The molecule has 6 heteroatoms. The lowest BCUT2D eigenvalue weighted by atomic mass is 9.88. The Morgan fingerprint density at radius 1 is 0.391 bits per heavy atom. The Balaban J connectivity index is 1.25. The topological polar surface area (TPSA) is 14.2 Å². The first-order chi connectivity index (χ1) is 33.2. The van der Waals surface area contributed by atoms with Crippen molar-refractivity contribution in [1.29, 1.82) is 0 Å². The summed E-state index contributed by atoms with van der Waals surface area (Å²) in [4.78, 5) is 4.25. The SMILES string of the molecule is [C-]#[N+]c1cccc(-n2c3ccccc3c3cc(-c4c(C)cc(C)cc4C)ccc32)c1-c1c(-c2ccc(C(F)(F)F)cc2C)cccc1-n1c2ccccc2c2cc(-c3c(C)cc(C)cc3C)ccc21. The van der Waals surface area contributed by atoms with Crippen LogP contribution >= 0.6 is 0 Å². The van der Waals surface area contributed by atoms with Crippen molar-refractivity contribution in [2.45, 2.75) is 54.6 Å². The largest absolute Gasteiger partial charge is 0.416 e. The molecule has 0 atom stereocenters. The van der Waals surface area contributed by atoms with Gasteiger partial charge < -0.3 is 9.13 Å². The molecule has 336 valence electrons. The molecule has 11 rings (SSSR count). The number of para-hydroxylation sites is 2. The van der Waals surface area contributed by atoms with Crippen LogP contribution in [0, 0.1) is 55.0 Å². The molecule has 0 bridgehead atoms. The van der Waals surface area contributed by atoms with Crippen molar-refractivity contribution in [2.75, 3.05) is 0 Å². The number of alkyl halides is 3. The van der Waals surface area contributed by atoms with Crippen LogP contribution in [0.5, 0.6) is 0 Å². The molecule has 0 aliphatic heterocycles. The van der Waals surface area contributed by atoms with E-state index in [9.17, 15) is 13.2 Å². The van der Waals surface area contributed by atoms with Crippen LogP contribution in [-0.4, -0.2) is 9.13 Å². The van der Waals surface area contributed by atoms with Crippen LogP contribution in [0.15, 0.2) is 164 Å². The van der Waals surface area contributed by atoms with E-state index >= 15 is 0 Å². The highest BCUT2D eigenvalue weighted by atomic mass is 19.4. The molecule has 0 amide bonds. The number of aryl methyl sites for hydroxylation is 7. The van der Waals surface area contributed by atoms with Gasteiger partial charge in [-0.15, -0.1) is 0 Å². The predicted octanol–water partition coefficient (Wildman–Crippen LogP) is 18.3. The van der Waals surface area contributed by atoms with E-state index < -0.39 is 11.7 Å². The van der Waals surface area contributed by atoms with E-state index in [4.69, 9.17) is 6.57 Å². The summed E-state index contributed by atoms with van der Waals surface area (Å²) in [6.45, 7) is 23.5. The predicted molar refractivity (Wildman–Crippen MR) is 281 cm³/mol. The van der Waals surface area contributed by atoms with Gasteiger partial charge in [0.1, 0.15) is 0 Å². The summed E-state index contributed by atoms with van der Waals surface area (Å²) in [5.41, 5.74) is 20.4. The minimum Gasteiger partial charge on any atom is -0.310 e. The summed E-state index contributed by atoms with van der Waals surface area (Å²) in [6.07, 6.45) is -4.51. The average molecular weight is 904 g/mol. The summed E-state index contributed by atoms with van der Waals surface area (Å²) in [5.74, 6) is 0. The zero-order valence-electron chi connectivity index (χ0n) is 39.6. The fraction of sp³-hybridized carbons (Fsp3) is 0.127. The highest BCUT2D eigenvalue weighted by Crippen LogP contribution is 2.50. The smallest absolute Gasteiger partial charge is 0.310 e. The number of hydrogen-bond donors (Lipinski definition) is 0. The first-order valence-electron chi connectivity index (χ1n) is 23.3. The third-order valence-corrected chi connectivity index (χ3v) is 14.0. The van der Waals surface area contributed by atoms with Crippen molar-refractivity contribution in [2.24, 2.45) is 0 Å². The number of benzene rings is 9. The van der Waals surface area contributed by atoms with Crippen LogP contribution in [0.4, 0.5) is 18.9 Å². The van der Waals surface area contributed by atoms with Crippen LogP contribution in [0.25, 0.3) is 104 Å². The van der Waals surface area contributed by atoms with Crippen molar-refractivity contribution in [3.8, 4) is 55.9 Å². The highest BCUT2D eigenvalue weighted by Gasteiger charge is 2.32. The zero-order valence-corrected chi connectivity index (χ0v) is 39.6. The maximum absolute atomic E-state index is 14.3. The average Bonchev–Trinajstić information content (AvgIpc) is 3.82. The summed E-state index contributed by atoms with van der Waals surface area (Å²) < 4.78 is 47.4. The van der Waals surface area contributed by atoms with Crippen molar-refractivity contribution in [3.05, 3.63) is 220 Å². The van der Waals surface area contributed by atoms with Crippen molar-refractivity contribution in [1.82, 2.24) is 9.13 Å². The molecule has 0 saturated heterocycles. The summed E-state index contributed by atoms with van der Waals surface area (Å²) >= 11 is 0. The molecule has 0 fully saturated rings. The van der Waals surface area contributed by atoms with Gasteiger partial charge in [0.25, 0.3) is 0 Å². The molecule has 0 aliphatic rings. The molecule has 3 nitrogen and oxygen atoms in total. The van der Waals surface area contributed by atoms with E-state index in [-0.39, 0.29) is 0 Å². The summed E-state index contributed by atoms with van der Waals surface area (Å²) in [7, 11) is 0. The minimum absolute atomic E-state index is 0.424. The lowest BCUT2D eigenvalue weighted by Gasteiger charge is -2.23. The van der Waals surface area contributed by atoms with Crippen LogP contribution < -0.4 is 0 Å². The van der Waals surface area contributed by atoms with E-state index in [1.165, 1.54) is 56.6 Å². The Morgan fingerprint density at radius 3 is 1.33 bits per heavy atom. The van der Waals surface area contributed by atoms with E-state index in [1.807, 2.05) is 36.4 Å². The Kier molecular flexibility index (Phi) is 10.2. The molecule has 0 saturated carbocycles. The third-order valence-electron chi connectivity index (χ3n) is 14.0. The molecule has 2 heterocycles. The number of hydrogen-bond acceptors (Lipinski definition) is 0. The molecule has 0 N–H and O–H groups in total. The fourth-order valence-corrected chi connectivity index (χ4v) is 11.5. The standard InChI is InChI=1S/C63H48F3N3/c1-36-29-39(4)59(40(5)30-36)43-23-27-55-50(34-43)47-15-9-11-19-53(47)68(55)57-21-13-17-49(46-26-25-45(33-38(46)3)63(64,65)66)61(57)62-52(67-8)18-14-22-58(62)69-54-20-12-10-16-48(54)51-35-44(24-28-56(51)69)60-41(6)31-37(2)32-42(60)7/h9-35H,1-7H3. The lowest BCUT2D eigenvalue weighted by molar-refractivity contribution is -0.137. The second kappa shape index (κ2) is 16.3. The maximum atomic E-state index is 14.3. The molecule has 2 aromatic heterocycles. The van der Waals surface area contributed by atoms with Gasteiger partial charge in [0.15, 0.2) is 5.69 Å². The molecule has 9 aromatic carbocycles. The molecule has 0 spiro atoms. The monoisotopic (exact) mass is 903 g/mol. The quantitative estimate of drug-likeness (QED) is 0.148. The van der Waals surface area contributed by atoms with Crippen LogP contribution in [0.1, 0.15) is 44.5 Å². The van der Waals surface area contributed by atoms with Gasteiger partial charge in [0.2, 0.25) is 0 Å². The highest BCUT2D eigenvalue weighted by molar-refractivity contribution is 6.14. The Labute approximate surface area is 400 Å². The van der Waals surface area contributed by atoms with Gasteiger partial charge in [0.05, 0.1) is 39.9 Å². The molecule has 0 unspecified atom stereocenters. The first kappa shape index (κ1) is 43.4. The Hall–Kier alpha value is -8.14. The molecule has 11 aromatic rings. The van der Waals surface area contributed by atoms with Gasteiger partial charge >= 0.3 is 6.18 Å². The second-order valence-corrected chi connectivity index (χ2v) is 18.7. The molecular weight excluding hydrogens is 856 g/mol. The number of aromatic nitrogens is 2. The van der Waals surface area contributed by atoms with Crippen molar-refractivity contribution >= 4 is 49.3 Å². The Bertz CT molecular complexity index is 3940. The van der Waals surface area contributed by atoms with Crippen molar-refractivity contribution < 1.29 is 13.2 Å². The maximum Gasteiger partial charge on any atom is 0.416 e. The van der Waals surface area contributed by atoms with E-state index in [1.54, 1.807) is 13.0 Å². The number of rotatable bonds is 6. The van der Waals surface area contributed by atoms with Gasteiger partial charge in [-0.1, -0.05) is 114 Å². The van der Waals surface area contributed by atoms with Crippen molar-refractivity contribution in [3.63, 3.8) is 0 Å². The van der Waals surface area contributed by atoms with Gasteiger partial charge in [-0.3, -0.25) is 0 Å². The van der Waals surface area contributed by atoms with E-state index in [2.05, 4.69) is 165 Å². The normalized spacial score (nSPS) is 11.9. The lowest BCUT2D eigenvalue weighted by Crippen LogP contribution is -2.06. The van der Waals surface area contributed by atoms with Crippen LogP contribution in [0.3, 0.4) is 0 Å². The number of nitrogens with zero attached hydrogens (tertiary/aromatic N) is 3. The minimum atomic E-state index is -4.51. The molecule has 69 heavy (non-hydrogen) atoms. The molecular formula is C63H48F3N3. The molecule has 0 aliphatic carbocycles. The first-order valence-corrected chi connectivity index (χ1v) is 23.3. The Morgan fingerprint density at radius 2 is 0.855 bits per heavy atom. The van der Waals surface area contributed by atoms with Crippen LogP contribution in [0.2, 0.25) is 0 Å². The second-order valence-electron chi connectivity index (χ2n) is 18.7. The fourth-order valence-electron chi connectivity index (χ4n) is 11.5. The van der Waals surface area contributed by atoms with Gasteiger partial charge in [-0.25, -0.2) is 4.85 Å². The van der Waals surface area contributed by atoms with E-state index in [0.29, 0.717) is 22.4 Å². The zero-order chi connectivity index (χ0) is 48.0. The third kappa shape index (κ3) is 7.03. The van der Waals surface area contributed by atoms with Crippen LogP contribution in [-0.2, 0) is 6.18 Å². The van der Waals surface area contributed by atoms with Gasteiger partial charge in [0, 0.05) is 38.4 Å².